The minimum atomic E-state index is -0.628. The first-order valence-electron chi connectivity index (χ1n) is 11.7. The van der Waals surface area contributed by atoms with Gasteiger partial charge in [0.15, 0.2) is 16.7 Å². The summed E-state index contributed by atoms with van der Waals surface area (Å²) < 4.78 is 27.2. The van der Waals surface area contributed by atoms with Gasteiger partial charge in [-0.3, -0.25) is 4.79 Å². The number of hydrogen-bond acceptors (Lipinski definition) is 10. The van der Waals surface area contributed by atoms with E-state index in [0.29, 0.717) is 59.8 Å². The summed E-state index contributed by atoms with van der Waals surface area (Å²) in [6.07, 6.45) is 0.167. The molecule has 11 heteroatoms. The van der Waals surface area contributed by atoms with Crippen molar-refractivity contribution in [3.05, 3.63) is 46.1 Å². The molecular formula is C25H31N3O7S. The number of ether oxygens (including phenoxy) is 5. The molecule has 1 aromatic rings. The molecule has 36 heavy (non-hydrogen) atoms. The van der Waals surface area contributed by atoms with Crippen LogP contribution in [0.15, 0.2) is 45.6 Å². The van der Waals surface area contributed by atoms with Gasteiger partial charge in [0, 0.05) is 31.5 Å². The summed E-state index contributed by atoms with van der Waals surface area (Å²) in [4.78, 5) is 34.9. The highest BCUT2D eigenvalue weighted by molar-refractivity contribution is 8.16. The Labute approximate surface area is 214 Å². The van der Waals surface area contributed by atoms with Crippen molar-refractivity contribution in [2.24, 2.45) is 4.99 Å². The number of carbonyl (C=O) groups excluding carboxylic acids is 2. The molecule has 3 aliphatic rings. The van der Waals surface area contributed by atoms with Crippen molar-refractivity contribution in [1.82, 2.24) is 9.80 Å². The summed E-state index contributed by atoms with van der Waals surface area (Å²) in [5.41, 5.74) is 2.36. The Bertz CT molecular complexity index is 1100. The number of aliphatic imine (C=N–C) groups is 1. The first-order chi connectivity index (χ1) is 17.5. The van der Waals surface area contributed by atoms with Crippen LogP contribution in [0.25, 0.3) is 0 Å². The van der Waals surface area contributed by atoms with Crippen LogP contribution in [-0.2, 0) is 23.8 Å². The molecule has 1 atom stereocenters. The maximum Gasteiger partial charge on any atom is 0.338 e. The Morgan fingerprint density at radius 1 is 1.14 bits per heavy atom. The van der Waals surface area contributed by atoms with Crippen LogP contribution < -0.4 is 9.47 Å². The summed E-state index contributed by atoms with van der Waals surface area (Å²) in [5.74, 6) is 0.527. The van der Waals surface area contributed by atoms with E-state index in [2.05, 4.69) is 0 Å². The molecule has 1 saturated heterocycles. The third-order valence-electron chi connectivity index (χ3n) is 6.17. The molecule has 0 bridgehead atoms. The van der Waals surface area contributed by atoms with E-state index in [1.165, 1.54) is 11.8 Å². The number of carbonyl (C=O) groups is 2. The fourth-order valence-corrected chi connectivity index (χ4v) is 5.39. The second kappa shape index (κ2) is 11.8. The summed E-state index contributed by atoms with van der Waals surface area (Å²) in [5, 5.41) is 2.60. The Morgan fingerprint density at radius 2 is 1.92 bits per heavy atom. The summed E-state index contributed by atoms with van der Waals surface area (Å²) in [6, 6.07) is 4.90. The van der Waals surface area contributed by atoms with E-state index in [1.807, 2.05) is 22.4 Å². The quantitative estimate of drug-likeness (QED) is 0.362. The van der Waals surface area contributed by atoms with Gasteiger partial charge in [0.2, 0.25) is 5.91 Å². The Morgan fingerprint density at radius 3 is 2.61 bits per heavy atom. The second-order valence-electron chi connectivity index (χ2n) is 8.27. The zero-order chi connectivity index (χ0) is 25.7. The lowest BCUT2D eigenvalue weighted by molar-refractivity contribution is -0.141. The number of allylic oxidation sites excluding steroid dienone is 1. The predicted molar refractivity (Wildman–Crippen MR) is 135 cm³/mol. The van der Waals surface area contributed by atoms with Crippen molar-refractivity contribution in [2.45, 2.75) is 19.4 Å². The van der Waals surface area contributed by atoms with E-state index in [9.17, 15) is 9.59 Å². The number of methoxy groups -OCH3 is 3. The van der Waals surface area contributed by atoms with E-state index in [1.54, 1.807) is 39.2 Å². The first kappa shape index (κ1) is 26.1. The van der Waals surface area contributed by atoms with E-state index in [4.69, 9.17) is 28.7 Å². The molecule has 4 rings (SSSR count). The smallest absolute Gasteiger partial charge is 0.338 e. The van der Waals surface area contributed by atoms with Gasteiger partial charge < -0.3 is 33.5 Å². The van der Waals surface area contributed by atoms with Crippen LogP contribution in [0.4, 0.5) is 0 Å². The minimum Gasteiger partial charge on any atom is -0.493 e. The van der Waals surface area contributed by atoms with Gasteiger partial charge in [-0.25, -0.2) is 9.79 Å². The first-order valence-corrected chi connectivity index (χ1v) is 12.5. The van der Waals surface area contributed by atoms with Gasteiger partial charge in [-0.1, -0.05) is 23.9 Å². The highest BCUT2D eigenvalue weighted by atomic mass is 32.2. The molecule has 1 aromatic carbocycles. The van der Waals surface area contributed by atoms with Crippen LogP contribution in [-0.4, -0.2) is 87.7 Å². The van der Waals surface area contributed by atoms with Crippen molar-refractivity contribution in [2.75, 3.05) is 60.8 Å². The van der Waals surface area contributed by atoms with Gasteiger partial charge in [0.05, 0.1) is 57.8 Å². The number of fused-ring (bicyclic) bond motifs is 1. The molecule has 0 radical (unpaired) electrons. The number of morpholine rings is 1. The highest BCUT2D eigenvalue weighted by Crippen LogP contribution is 2.48. The summed E-state index contributed by atoms with van der Waals surface area (Å²) in [7, 11) is 4.67. The lowest BCUT2D eigenvalue weighted by Crippen LogP contribution is -2.42. The van der Waals surface area contributed by atoms with E-state index < -0.39 is 12.0 Å². The molecule has 10 nitrogen and oxygen atoms in total. The predicted octanol–water partition coefficient (Wildman–Crippen LogP) is 2.72. The molecule has 3 heterocycles. The number of hydrogen-bond donors (Lipinski definition) is 0. The third-order valence-corrected chi connectivity index (χ3v) is 7.05. The lowest BCUT2D eigenvalue weighted by atomic mass is 9.92. The van der Waals surface area contributed by atoms with Crippen LogP contribution in [0.5, 0.6) is 11.5 Å². The van der Waals surface area contributed by atoms with Gasteiger partial charge in [0.1, 0.15) is 6.61 Å². The normalized spacial score (nSPS) is 19.5. The molecule has 0 saturated carbocycles. The average Bonchev–Trinajstić information content (AvgIpc) is 3.29. The van der Waals surface area contributed by atoms with Gasteiger partial charge in [-0.05, 0) is 18.4 Å². The number of para-hydroxylation sites is 1. The Hall–Kier alpha value is -3.02. The van der Waals surface area contributed by atoms with Crippen molar-refractivity contribution < 1.29 is 33.3 Å². The summed E-state index contributed by atoms with van der Waals surface area (Å²) in [6.45, 7) is 4.34. The van der Waals surface area contributed by atoms with E-state index in [0.717, 1.165) is 5.70 Å². The number of thioether (sulfide) groups is 1. The van der Waals surface area contributed by atoms with Crippen molar-refractivity contribution >= 4 is 28.8 Å². The number of rotatable bonds is 9. The molecule has 0 spiro atoms. The van der Waals surface area contributed by atoms with Gasteiger partial charge >= 0.3 is 5.97 Å². The van der Waals surface area contributed by atoms with Crippen LogP contribution in [0, 0.1) is 0 Å². The number of nitrogens with zero attached hydrogens (tertiary/aromatic N) is 3. The molecule has 194 valence electrons. The van der Waals surface area contributed by atoms with Crippen LogP contribution >= 0.6 is 11.8 Å². The molecular weight excluding hydrogens is 486 g/mol. The van der Waals surface area contributed by atoms with Crippen molar-refractivity contribution in [1.29, 1.82) is 0 Å². The summed E-state index contributed by atoms with van der Waals surface area (Å²) >= 11 is 1.42. The number of amidine groups is 1. The molecule has 1 fully saturated rings. The van der Waals surface area contributed by atoms with Gasteiger partial charge in [0.25, 0.3) is 0 Å². The molecule has 1 amide bonds. The lowest BCUT2D eigenvalue weighted by Gasteiger charge is -2.37. The fraction of sp³-hybridized carbons (Fsp3) is 0.480. The number of amides is 1. The average molecular weight is 518 g/mol. The Kier molecular flexibility index (Phi) is 8.55. The van der Waals surface area contributed by atoms with E-state index in [-0.39, 0.29) is 25.5 Å². The third kappa shape index (κ3) is 5.23. The maximum absolute atomic E-state index is 13.4. The molecule has 0 N–H and O–H groups in total. The van der Waals surface area contributed by atoms with E-state index >= 15 is 0 Å². The number of esters is 1. The van der Waals surface area contributed by atoms with Crippen LogP contribution in [0.1, 0.15) is 24.9 Å². The molecule has 0 aromatic heterocycles. The Balaban J connectivity index is 1.74. The topological polar surface area (TPSA) is 99.1 Å². The van der Waals surface area contributed by atoms with Crippen LogP contribution in [0.2, 0.25) is 0 Å². The van der Waals surface area contributed by atoms with Gasteiger partial charge in [-0.2, -0.15) is 0 Å². The standard InChI is InChI=1S/C25H31N3O7S/c1-16-21(24(30)35-13-12-31-2)22(18-6-5-7-19(32-3)23(18)33-4)28-17(15-36-25(28)26-16)14-20(29)27-8-10-34-11-9-27/h5-7,15,22H,8-14H2,1-4H3/t22-/m0/s1. The highest BCUT2D eigenvalue weighted by Gasteiger charge is 2.43. The molecule has 0 unspecified atom stereocenters. The van der Waals surface area contributed by atoms with Crippen molar-refractivity contribution in [3.63, 3.8) is 0 Å². The monoisotopic (exact) mass is 517 g/mol. The van der Waals surface area contributed by atoms with Crippen LogP contribution in [0.3, 0.4) is 0 Å². The SMILES string of the molecule is COCCOC(=O)C1=C(C)N=C2SC=C(CC(=O)N3CCOCC3)N2[C@H]1c1cccc(OC)c1OC. The fourth-order valence-electron chi connectivity index (χ4n) is 4.43. The van der Waals surface area contributed by atoms with Gasteiger partial charge in [-0.15, -0.1) is 0 Å². The molecule has 3 aliphatic heterocycles. The zero-order valence-corrected chi connectivity index (χ0v) is 21.8. The second-order valence-corrected chi connectivity index (χ2v) is 9.11. The molecule has 0 aliphatic carbocycles. The van der Waals surface area contributed by atoms with Crippen molar-refractivity contribution in [3.8, 4) is 11.5 Å². The largest absolute Gasteiger partial charge is 0.493 e. The minimum absolute atomic E-state index is 0.00162. The number of benzene rings is 1. The zero-order valence-electron chi connectivity index (χ0n) is 20.9. The maximum atomic E-state index is 13.4.